The molecule has 2 amide bonds. The van der Waals surface area contributed by atoms with E-state index in [1.165, 1.54) is 35.2 Å². The molecule has 0 bridgehead atoms. The number of carbonyl (C=O) groups is 2. The van der Waals surface area contributed by atoms with E-state index in [4.69, 9.17) is 34.8 Å². The van der Waals surface area contributed by atoms with E-state index in [-0.39, 0.29) is 39.1 Å². The number of nitrogens with one attached hydrogen (secondary N) is 1. The van der Waals surface area contributed by atoms with Crippen LogP contribution in [0.25, 0.3) is 0 Å². The number of benzene rings is 3. The van der Waals surface area contributed by atoms with Gasteiger partial charge in [0.1, 0.15) is 12.6 Å². The summed E-state index contributed by atoms with van der Waals surface area (Å²) in [5, 5.41) is 3.77. The minimum atomic E-state index is -4.23. The Hall–Kier alpha value is -2.78. The lowest BCUT2D eigenvalue weighted by Gasteiger charge is -2.34. The Morgan fingerprint density at radius 2 is 1.48 bits per heavy atom. The Balaban J connectivity index is 2.09. The van der Waals surface area contributed by atoms with Crippen molar-refractivity contribution in [3.8, 4) is 0 Å². The van der Waals surface area contributed by atoms with Crippen molar-refractivity contribution in [2.24, 2.45) is 0 Å². The van der Waals surface area contributed by atoms with Gasteiger partial charge in [0.25, 0.3) is 10.0 Å². The molecule has 0 heterocycles. The molecule has 0 aliphatic carbocycles. The van der Waals surface area contributed by atoms with Crippen LogP contribution in [-0.4, -0.2) is 43.8 Å². The maximum Gasteiger partial charge on any atom is 0.264 e. The average molecular weight is 625 g/mol. The molecule has 0 saturated carbocycles. The smallest absolute Gasteiger partial charge is 0.264 e. The summed E-state index contributed by atoms with van der Waals surface area (Å²) in [5.41, 5.74) is 0.736. The summed E-state index contributed by atoms with van der Waals surface area (Å²) in [7, 11) is -4.23. The lowest BCUT2D eigenvalue weighted by Crippen LogP contribution is -2.53. The highest BCUT2D eigenvalue weighted by Gasteiger charge is 2.34. The predicted octanol–water partition coefficient (Wildman–Crippen LogP) is 6.56. The highest BCUT2D eigenvalue weighted by atomic mass is 35.5. The standard InChI is InChI=1S/C29H32Cl3N3O4S/c1-4-20(3)33-29(37)27(5-2)34(18-21-11-9-10-14-26(21)32)28(36)19-35(24-16-22(30)15-23(31)17-24)40(38,39)25-12-7-6-8-13-25/h6-17,20,27H,4-5,18-19H2,1-3H3,(H,33,37). The van der Waals surface area contributed by atoms with Crippen molar-refractivity contribution in [3.63, 3.8) is 0 Å². The molecular formula is C29H32Cl3N3O4S. The lowest BCUT2D eigenvalue weighted by atomic mass is 10.1. The summed E-state index contributed by atoms with van der Waals surface area (Å²) in [4.78, 5) is 28.8. The monoisotopic (exact) mass is 623 g/mol. The summed E-state index contributed by atoms with van der Waals surface area (Å²) in [6, 6.07) is 18.1. The first kappa shape index (κ1) is 31.7. The quantitative estimate of drug-likeness (QED) is 0.247. The van der Waals surface area contributed by atoms with Gasteiger partial charge < -0.3 is 10.2 Å². The van der Waals surface area contributed by atoms with Crippen LogP contribution in [0, 0.1) is 0 Å². The summed E-state index contributed by atoms with van der Waals surface area (Å²) in [5.74, 6) is -0.929. The molecule has 11 heteroatoms. The van der Waals surface area contributed by atoms with Gasteiger partial charge in [-0.25, -0.2) is 8.42 Å². The van der Waals surface area contributed by atoms with E-state index < -0.39 is 28.5 Å². The fraction of sp³-hybridized carbons (Fsp3) is 0.310. The second kappa shape index (κ2) is 14.2. The number of rotatable bonds is 12. The van der Waals surface area contributed by atoms with E-state index in [0.29, 0.717) is 23.4 Å². The Morgan fingerprint density at radius 1 is 0.875 bits per heavy atom. The molecule has 0 spiro atoms. The van der Waals surface area contributed by atoms with Crippen molar-refractivity contribution < 1.29 is 18.0 Å². The van der Waals surface area contributed by atoms with E-state index in [0.717, 1.165) is 4.31 Å². The van der Waals surface area contributed by atoms with Gasteiger partial charge in [0, 0.05) is 27.7 Å². The highest BCUT2D eigenvalue weighted by Crippen LogP contribution is 2.30. The number of hydrogen-bond donors (Lipinski definition) is 1. The molecule has 0 aliphatic rings. The first-order valence-electron chi connectivity index (χ1n) is 12.8. The maximum atomic E-state index is 14.1. The molecule has 3 aromatic rings. The zero-order chi connectivity index (χ0) is 29.4. The Labute approximate surface area is 251 Å². The molecule has 0 aromatic heterocycles. The van der Waals surface area contributed by atoms with Crippen LogP contribution < -0.4 is 9.62 Å². The van der Waals surface area contributed by atoms with Crippen LogP contribution in [0.4, 0.5) is 5.69 Å². The van der Waals surface area contributed by atoms with E-state index in [1.807, 2.05) is 13.8 Å². The summed E-state index contributed by atoms with van der Waals surface area (Å²) < 4.78 is 28.7. The van der Waals surface area contributed by atoms with Crippen LogP contribution in [-0.2, 0) is 26.2 Å². The molecule has 0 aliphatic heterocycles. The number of anilines is 1. The summed E-state index contributed by atoms with van der Waals surface area (Å²) >= 11 is 18.9. The van der Waals surface area contributed by atoms with Crippen molar-refractivity contribution >= 4 is 62.3 Å². The van der Waals surface area contributed by atoms with E-state index >= 15 is 0 Å². The number of carbonyl (C=O) groups excluding carboxylic acids is 2. The van der Waals surface area contributed by atoms with Crippen LogP contribution >= 0.6 is 34.8 Å². The van der Waals surface area contributed by atoms with Gasteiger partial charge in [-0.05, 0) is 61.7 Å². The van der Waals surface area contributed by atoms with Crippen molar-refractivity contribution in [3.05, 3.63) is 93.4 Å². The van der Waals surface area contributed by atoms with Crippen molar-refractivity contribution in [1.29, 1.82) is 0 Å². The van der Waals surface area contributed by atoms with E-state index in [9.17, 15) is 18.0 Å². The maximum absolute atomic E-state index is 14.1. The minimum Gasteiger partial charge on any atom is -0.352 e. The molecule has 3 aromatic carbocycles. The molecular weight excluding hydrogens is 593 g/mol. The Kier molecular flexibility index (Phi) is 11.3. The van der Waals surface area contributed by atoms with E-state index in [1.54, 1.807) is 49.4 Å². The van der Waals surface area contributed by atoms with E-state index in [2.05, 4.69) is 5.32 Å². The molecule has 0 fully saturated rings. The first-order chi connectivity index (χ1) is 19.0. The highest BCUT2D eigenvalue weighted by molar-refractivity contribution is 7.92. The van der Waals surface area contributed by atoms with Crippen LogP contribution in [0.2, 0.25) is 15.1 Å². The predicted molar refractivity (Wildman–Crippen MR) is 161 cm³/mol. The number of amides is 2. The first-order valence-corrected chi connectivity index (χ1v) is 15.4. The van der Waals surface area contributed by atoms with Crippen LogP contribution in [0.15, 0.2) is 77.7 Å². The molecule has 7 nitrogen and oxygen atoms in total. The second-order valence-electron chi connectivity index (χ2n) is 9.31. The fourth-order valence-corrected chi connectivity index (χ4v) is 6.23. The van der Waals surface area contributed by atoms with Crippen molar-refractivity contribution in [2.45, 2.75) is 57.1 Å². The second-order valence-corrected chi connectivity index (χ2v) is 12.4. The van der Waals surface area contributed by atoms with Crippen molar-refractivity contribution in [1.82, 2.24) is 10.2 Å². The fourth-order valence-electron chi connectivity index (χ4n) is 4.10. The van der Waals surface area contributed by atoms with Gasteiger partial charge in [0.05, 0.1) is 10.6 Å². The van der Waals surface area contributed by atoms with Gasteiger partial charge in [0.2, 0.25) is 11.8 Å². The van der Waals surface area contributed by atoms with Crippen LogP contribution in [0.3, 0.4) is 0 Å². The van der Waals surface area contributed by atoms with Crippen LogP contribution in [0.5, 0.6) is 0 Å². The van der Waals surface area contributed by atoms with Gasteiger partial charge in [-0.3, -0.25) is 13.9 Å². The largest absolute Gasteiger partial charge is 0.352 e. The molecule has 3 rings (SSSR count). The number of sulfonamides is 1. The molecule has 2 unspecified atom stereocenters. The van der Waals surface area contributed by atoms with Crippen molar-refractivity contribution in [2.75, 3.05) is 10.8 Å². The number of hydrogen-bond acceptors (Lipinski definition) is 4. The molecule has 40 heavy (non-hydrogen) atoms. The third-order valence-electron chi connectivity index (χ3n) is 6.43. The zero-order valence-electron chi connectivity index (χ0n) is 22.5. The third-order valence-corrected chi connectivity index (χ3v) is 9.02. The Morgan fingerprint density at radius 3 is 2.05 bits per heavy atom. The minimum absolute atomic E-state index is 0.000462. The molecule has 2 atom stereocenters. The molecule has 1 N–H and O–H groups in total. The normalized spacial score (nSPS) is 12.8. The third kappa shape index (κ3) is 7.91. The van der Waals surface area contributed by atoms with Gasteiger partial charge in [-0.2, -0.15) is 0 Å². The summed E-state index contributed by atoms with van der Waals surface area (Å²) in [6.45, 7) is 5.01. The molecule has 0 saturated heterocycles. The van der Waals surface area contributed by atoms with Gasteiger partial charge in [-0.1, -0.05) is 85.0 Å². The zero-order valence-corrected chi connectivity index (χ0v) is 25.6. The number of halogens is 3. The van der Waals surface area contributed by atoms with Gasteiger partial charge in [0.15, 0.2) is 0 Å². The SMILES string of the molecule is CCC(C)NC(=O)C(CC)N(Cc1ccccc1Cl)C(=O)CN(c1cc(Cl)cc(Cl)c1)S(=O)(=O)c1ccccc1. The topological polar surface area (TPSA) is 86.8 Å². The average Bonchev–Trinajstić information content (AvgIpc) is 2.92. The summed E-state index contributed by atoms with van der Waals surface area (Å²) in [6.07, 6.45) is 1.01. The van der Waals surface area contributed by atoms with Crippen LogP contribution in [0.1, 0.15) is 39.2 Å². The Bertz CT molecular complexity index is 1420. The van der Waals surface area contributed by atoms with Gasteiger partial charge in [-0.15, -0.1) is 0 Å². The number of nitrogens with zero attached hydrogens (tertiary/aromatic N) is 2. The molecule has 214 valence electrons. The van der Waals surface area contributed by atoms with Gasteiger partial charge >= 0.3 is 0 Å². The molecule has 0 radical (unpaired) electrons. The lowest BCUT2D eigenvalue weighted by molar-refractivity contribution is -0.140.